The molecule has 0 bridgehead atoms. The number of nitrogens with two attached hydrogens (primary N) is 1. The molecule has 7 heteroatoms. The fraction of sp³-hybridized carbons (Fsp3) is 0.0952. The van der Waals surface area contributed by atoms with E-state index in [9.17, 15) is 0 Å². The largest absolute Gasteiger partial charge is 0.373 e. The minimum atomic E-state index is 0.618. The second-order valence-electron chi connectivity index (χ2n) is 6.30. The molecule has 0 aliphatic rings. The van der Waals surface area contributed by atoms with Gasteiger partial charge in [0.2, 0.25) is 0 Å². The van der Waals surface area contributed by atoms with E-state index in [0.717, 1.165) is 39.2 Å². The number of nitrogen functional groups attached to an aromatic ring is 1. The monoisotopic (exact) mass is 371 g/mol. The van der Waals surface area contributed by atoms with Crippen LogP contribution in [0, 0.1) is 0 Å². The molecule has 4 rings (SSSR count). The minimum absolute atomic E-state index is 0.618. The first-order valence-corrected chi connectivity index (χ1v) is 8.96. The van der Waals surface area contributed by atoms with Gasteiger partial charge in [0.1, 0.15) is 5.82 Å². The number of nitrogens with one attached hydrogen (secondary N) is 3. The first kappa shape index (κ1) is 17.7. The van der Waals surface area contributed by atoms with E-state index in [-0.39, 0.29) is 0 Å². The normalized spacial score (nSPS) is 10.6. The van der Waals surface area contributed by atoms with Gasteiger partial charge in [-0.2, -0.15) is 0 Å². The summed E-state index contributed by atoms with van der Waals surface area (Å²) in [6.45, 7) is 0.618. The number of hydrogen-bond acceptors (Lipinski definition) is 7. The lowest BCUT2D eigenvalue weighted by Crippen LogP contribution is -2.12. The summed E-state index contributed by atoms with van der Waals surface area (Å²) in [6, 6.07) is 17.9. The van der Waals surface area contributed by atoms with Crippen LogP contribution in [0.2, 0.25) is 0 Å². The molecule has 0 spiro atoms. The van der Waals surface area contributed by atoms with Crippen LogP contribution in [0.4, 0.5) is 17.3 Å². The highest BCUT2D eigenvalue weighted by atomic mass is 15.2. The summed E-state index contributed by atoms with van der Waals surface area (Å²) in [5.74, 6) is 7.16. The lowest BCUT2D eigenvalue weighted by atomic mass is 10.1. The third-order valence-corrected chi connectivity index (χ3v) is 4.49. The van der Waals surface area contributed by atoms with Crippen LogP contribution >= 0.6 is 0 Å². The highest BCUT2D eigenvalue weighted by Crippen LogP contribution is 2.25. The van der Waals surface area contributed by atoms with Crippen molar-refractivity contribution in [3.63, 3.8) is 0 Å². The van der Waals surface area contributed by atoms with Crippen molar-refractivity contribution >= 4 is 28.2 Å². The molecule has 0 aliphatic carbocycles. The molecule has 0 unspecified atom stereocenters. The summed E-state index contributed by atoms with van der Waals surface area (Å²) in [6.07, 6.45) is 3.59. The number of aromatic nitrogens is 3. The van der Waals surface area contributed by atoms with Gasteiger partial charge < -0.3 is 16.1 Å². The summed E-state index contributed by atoms with van der Waals surface area (Å²) in [4.78, 5) is 13.4. The van der Waals surface area contributed by atoms with Gasteiger partial charge in [0, 0.05) is 36.9 Å². The zero-order valence-electron chi connectivity index (χ0n) is 15.5. The van der Waals surface area contributed by atoms with Crippen LogP contribution in [0.1, 0.15) is 5.56 Å². The van der Waals surface area contributed by atoms with E-state index in [1.807, 2.05) is 43.4 Å². The van der Waals surface area contributed by atoms with Crippen LogP contribution in [-0.4, -0.2) is 22.0 Å². The molecule has 3 heterocycles. The predicted octanol–water partition coefficient (Wildman–Crippen LogP) is 3.63. The third kappa shape index (κ3) is 3.70. The van der Waals surface area contributed by atoms with Crippen LogP contribution in [0.5, 0.6) is 0 Å². The molecule has 0 saturated heterocycles. The van der Waals surface area contributed by atoms with Gasteiger partial charge in [-0.05, 0) is 48.0 Å². The zero-order valence-corrected chi connectivity index (χ0v) is 15.5. The van der Waals surface area contributed by atoms with Crippen LogP contribution in [0.15, 0.2) is 67.0 Å². The second kappa shape index (κ2) is 7.89. The number of nitrogens with zero attached hydrogens (tertiary/aromatic N) is 3. The Labute approximate surface area is 163 Å². The van der Waals surface area contributed by atoms with Crippen molar-refractivity contribution in [1.29, 1.82) is 0 Å². The maximum atomic E-state index is 5.66. The van der Waals surface area contributed by atoms with Crippen molar-refractivity contribution in [2.75, 3.05) is 23.1 Å². The van der Waals surface area contributed by atoms with Gasteiger partial charge in [-0.25, -0.2) is 9.97 Å². The minimum Gasteiger partial charge on any atom is -0.373 e. The van der Waals surface area contributed by atoms with Gasteiger partial charge in [0.25, 0.3) is 0 Å². The Hall–Kier alpha value is -3.71. The summed E-state index contributed by atoms with van der Waals surface area (Å²) in [5, 5.41) is 7.49. The summed E-state index contributed by atoms with van der Waals surface area (Å²) in [5.41, 5.74) is 7.29. The number of fused-ring (bicyclic) bond motifs is 1. The average molecular weight is 371 g/mol. The fourth-order valence-electron chi connectivity index (χ4n) is 2.99. The zero-order chi connectivity index (χ0) is 19.3. The van der Waals surface area contributed by atoms with E-state index >= 15 is 0 Å². The molecule has 0 fully saturated rings. The molecule has 5 N–H and O–H groups in total. The van der Waals surface area contributed by atoms with Crippen LogP contribution in [0.3, 0.4) is 0 Å². The van der Waals surface area contributed by atoms with Crippen LogP contribution in [0.25, 0.3) is 22.2 Å². The average Bonchev–Trinajstić information content (AvgIpc) is 2.77. The lowest BCUT2D eigenvalue weighted by molar-refractivity contribution is 1.11. The highest BCUT2D eigenvalue weighted by Gasteiger charge is 2.08. The molecule has 4 aromatic rings. The molecule has 0 amide bonds. The Bertz CT molecular complexity index is 1090. The van der Waals surface area contributed by atoms with E-state index in [1.54, 1.807) is 12.4 Å². The maximum absolute atomic E-state index is 5.66. The highest BCUT2D eigenvalue weighted by molar-refractivity contribution is 5.79. The van der Waals surface area contributed by atoms with Gasteiger partial charge >= 0.3 is 0 Å². The summed E-state index contributed by atoms with van der Waals surface area (Å²) < 4.78 is 0. The Kier molecular flexibility index (Phi) is 4.99. The molecule has 7 nitrogen and oxygen atoms in total. The number of rotatable bonds is 6. The van der Waals surface area contributed by atoms with Crippen molar-refractivity contribution in [2.45, 2.75) is 6.54 Å². The number of hydrogen-bond donors (Lipinski definition) is 4. The molecular formula is C21H21N7. The molecule has 0 saturated carbocycles. The van der Waals surface area contributed by atoms with Crippen molar-refractivity contribution < 1.29 is 0 Å². The predicted molar refractivity (Wildman–Crippen MR) is 114 cm³/mol. The van der Waals surface area contributed by atoms with Crippen molar-refractivity contribution in [3.8, 4) is 11.3 Å². The number of pyridine rings is 3. The molecule has 28 heavy (non-hydrogen) atoms. The lowest BCUT2D eigenvalue weighted by Gasteiger charge is -2.13. The fourth-order valence-corrected chi connectivity index (χ4v) is 2.99. The Morgan fingerprint density at radius 1 is 1.00 bits per heavy atom. The van der Waals surface area contributed by atoms with Gasteiger partial charge in [-0.15, -0.1) is 0 Å². The van der Waals surface area contributed by atoms with E-state index in [1.165, 1.54) is 0 Å². The summed E-state index contributed by atoms with van der Waals surface area (Å²) in [7, 11) is 1.84. The van der Waals surface area contributed by atoms with Gasteiger partial charge in [-0.3, -0.25) is 10.8 Å². The van der Waals surface area contributed by atoms with Crippen LogP contribution in [-0.2, 0) is 6.54 Å². The number of hydrazine groups is 1. The topological polar surface area (TPSA) is 101 Å². The van der Waals surface area contributed by atoms with Crippen molar-refractivity contribution in [3.05, 3.63) is 72.6 Å². The van der Waals surface area contributed by atoms with Gasteiger partial charge in [0.05, 0.1) is 16.9 Å². The van der Waals surface area contributed by atoms with E-state index < -0.39 is 0 Å². The van der Waals surface area contributed by atoms with E-state index in [0.29, 0.717) is 12.4 Å². The maximum Gasteiger partial charge on any atom is 0.151 e. The molecule has 0 aliphatic heterocycles. The third-order valence-electron chi connectivity index (χ3n) is 4.49. The SMILES string of the molecule is CNc1ccc(-c2ccc(NN)c(NCc3ccc4ncccc4c3)n2)cn1. The number of anilines is 3. The first-order chi connectivity index (χ1) is 13.8. The van der Waals surface area contributed by atoms with Gasteiger partial charge in [0.15, 0.2) is 5.82 Å². The molecule has 1 aromatic carbocycles. The molecule has 3 aromatic heterocycles. The molecular weight excluding hydrogens is 350 g/mol. The summed E-state index contributed by atoms with van der Waals surface area (Å²) >= 11 is 0. The van der Waals surface area contributed by atoms with Crippen molar-refractivity contribution in [2.24, 2.45) is 5.84 Å². The molecule has 0 radical (unpaired) electrons. The second-order valence-corrected chi connectivity index (χ2v) is 6.30. The number of benzene rings is 1. The Balaban J connectivity index is 1.58. The molecule has 0 atom stereocenters. The van der Waals surface area contributed by atoms with Crippen LogP contribution < -0.4 is 21.9 Å². The van der Waals surface area contributed by atoms with Gasteiger partial charge in [-0.1, -0.05) is 12.1 Å². The van der Waals surface area contributed by atoms with E-state index in [4.69, 9.17) is 10.8 Å². The Morgan fingerprint density at radius 2 is 1.93 bits per heavy atom. The standard InChI is InChI=1S/C21H21N7/c1-23-20-9-5-16(13-25-20)18-7-8-19(28-22)21(27-18)26-12-14-4-6-17-15(11-14)3-2-10-24-17/h2-11,13,28H,12,22H2,1H3,(H,23,25)(H,26,27). The quantitative estimate of drug-likeness (QED) is 0.303. The molecule has 140 valence electrons. The van der Waals surface area contributed by atoms with Crippen molar-refractivity contribution in [1.82, 2.24) is 15.0 Å². The Morgan fingerprint density at radius 3 is 2.71 bits per heavy atom. The smallest absolute Gasteiger partial charge is 0.151 e. The first-order valence-electron chi connectivity index (χ1n) is 8.96. The van der Waals surface area contributed by atoms with E-state index in [2.05, 4.69) is 44.2 Å².